The van der Waals surface area contributed by atoms with Crippen molar-refractivity contribution in [3.05, 3.63) is 29.3 Å². The van der Waals surface area contributed by atoms with Crippen molar-refractivity contribution in [2.45, 2.75) is 45.3 Å². The molecule has 0 aromatic heterocycles. The van der Waals surface area contributed by atoms with E-state index in [1.807, 2.05) is 12.1 Å². The summed E-state index contributed by atoms with van der Waals surface area (Å²) in [6, 6.07) is 6.13. The van der Waals surface area contributed by atoms with Crippen LogP contribution in [0.3, 0.4) is 0 Å². The molecule has 1 aliphatic rings. The van der Waals surface area contributed by atoms with Gasteiger partial charge in [0.05, 0.1) is 11.7 Å². The molecule has 82 valence electrons. The fourth-order valence-corrected chi connectivity index (χ4v) is 2.40. The Morgan fingerprint density at radius 1 is 1.40 bits per heavy atom. The Kier molecular flexibility index (Phi) is 2.47. The van der Waals surface area contributed by atoms with Gasteiger partial charge in [-0.2, -0.15) is 0 Å². The van der Waals surface area contributed by atoms with Crippen LogP contribution in [0.15, 0.2) is 18.2 Å². The highest BCUT2D eigenvalue weighted by Crippen LogP contribution is 2.48. The van der Waals surface area contributed by atoms with E-state index in [1.54, 1.807) is 0 Å². The van der Waals surface area contributed by atoms with Crippen LogP contribution in [0.1, 0.15) is 50.8 Å². The number of benzene rings is 1. The van der Waals surface area contributed by atoms with Gasteiger partial charge in [0, 0.05) is 11.3 Å². The summed E-state index contributed by atoms with van der Waals surface area (Å²) >= 11 is 0. The summed E-state index contributed by atoms with van der Waals surface area (Å²) in [6.45, 7) is 6.45. The highest BCUT2D eigenvalue weighted by atomic mass is 16.5. The summed E-state index contributed by atoms with van der Waals surface area (Å²) in [4.78, 5) is 0. The van der Waals surface area contributed by atoms with Crippen LogP contribution >= 0.6 is 0 Å². The maximum atomic E-state index is 6.12. The summed E-state index contributed by atoms with van der Waals surface area (Å²) in [7, 11) is 0. The fourth-order valence-electron chi connectivity index (χ4n) is 2.40. The molecule has 2 rings (SSSR count). The topological polar surface area (TPSA) is 35.2 Å². The lowest BCUT2D eigenvalue weighted by Gasteiger charge is -2.24. The molecule has 0 bridgehead atoms. The number of nitrogens with two attached hydrogens (primary N) is 1. The molecule has 2 heteroatoms. The number of hydrogen-bond donors (Lipinski definition) is 1. The molecule has 0 aliphatic carbocycles. The molecule has 1 aliphatic heterocycles. The smallest absolute Gasteiger partial charge is 0.0913 e. The standard InChI is InChI=1S/C13H19NO/c1-4-11-12-9(7-6-8-10(12)14)13(3,5-2)15-11/h6-8,11H,4-5,14H2,1-3H3. The zero-order valence-corrected chi connectivity index (χ0v) is 9.71. The maximum Gasteiger partial charge on any atom is 0.0913 e. The number of ether oxygens (including phenoxy) is 1. The first-order chi connectivity index (χ1) is 7.12. The summed E-state index contributed by atoms with van der Waals surface area (Å²) in [5.74, 6) is 0. The van der Waals surface area contributed by atoms with Crippen molar-refractivity contribution in [2.75, 3.05) is 5.73 Å². The lowest BCUT2D eigenvalue weighted by Crippen LogP contribution is -2.19. The average Bonchev–Trinajstić information content (AvgIpc) is 2.55. The number of rotatable bonds is 2. The first-order valence-electron chi connectivity index (χ1n) is 5.69. The third-order valence-electron chi connectivity index (χ3n) is 3.48. The monoisotopic (exact) mass is 205 g/mol. The molecule has 0 saturated carbocycles. The van der Waals surface area contributed by atoms with Gasteiger partial charge in [0.1, 0.15) is 0 Å². The van der Waals surface area contributed by atoms with Crippen LogP contribution in [0.5, 0.6) is 0 Å². The number of anilines is 1. The van der Waals surface area contributed by atoms with Crippen molar-refractivity contribution in [3.8, 4) is 0 Å². The molecule has 1 heterocycles. The van der Waals surface area contributed by atoms with E-state index in [-0.39, 0.29) is 11.7 Å². The molecule has 0 radical (unpaired) electrons. The second-order valence-corrected chi connectivity index (χ2v) is 4.41. The van der Waals surface area contributed by atoms with Crippen LogP contribution < -0.4 is 5.73 Å². The predicted octanol–water partition coefficient (Wildman–Crippen LogP) is 3.38. The van der Waals surface area contributed by atoms with Gasteiger partial charge in [-0.3, -0.25) is 0 Å². The Morgan fingerprint density at radius 2 is 2.13 bits per heavy atom. The molecule has 2 N–H and O–H groups in total. The normalized spacial score (nSPS) is 29.1. The summed E-state index contributed by atoms with van der Waals surface area (Å²) < 4.78 is 6.12. The molecule has 0 fully saturated rings. The maximum absolute atomic E-state index is 6.12. The van der Waals surface area contributed by atoms with Gasteiger partial charge >= 0.3 is 0 Å². The molecule has 2 atom stereocenters. The second-order valence-electron chi connectivity index (χ2n) is 4.41. The van der Waals surface area contributed by atoms with E-state index < -0.39 is 0 Å². The number of fused-ring (bicyclic) bond motifs is 1. The van der Waals surface area contributed by atoms with E-state index in [0.29, 0.717) is 0 Å². The minimum absolute atomic E-state index is 0.147. The molecule has 2 nitrogen and oxygen atoms in total. The molecule has 0 spiro atoms. The van der Waals surface area contributed by atoms with E-state index in [0.717, 1.165) is 18.5 Å². The van der Waals surface area contributed by atoms with Gasteiger partial charge in [0.25, 0.3) is 0 Å². The Labute approximate surface area is 91.4 Å². The molecule has 1 aromatic rings. The molecule has 1 aromatic carbocycles. The quantitative estimate of drug-likeness (QED) is 0.751. The van der Waals surface area contributed by atoms with Gasteiger partial charge in [0.2, 0.25) is 0 Å². The molecule has 0 amide bonds. The third kappa shape index (κ3) is 1.44. The van der Waals surface area contributed by atoms with E-state index in [2.05, 4.69) is 26.8 Å². The van der Waals surface area contributed by atoms with Gasteiger partial charge in [-0.1, -0.05) is 26.0 Å². The SMILES string of the molecule is CCC1OC(C)(CC)c2cccc(N)c21. The van der Waals surface area contributed by atoms with Crippen LogP contribution in [-0.2, 0) is 10.3 Å². The lowest BCUT2D eigenvalue weighted by atomic mass is 9.90. The molecular formula is C13H19NO. The molecule has 0 saturated heterocycles. The van der Waals surface area contributed by atoms with Gasteiger partial charge in [-0.15, -0.1) is 0 Å². The number of nitrogen functional groups attached to an aromatic ring is 1. The Morgan fingerprint density at radius 3 is 2.73 bits per heavy atom. The average molecular weight is 205 g/mol. The van der Waals surface area contributed by atoms with Gasteiger partial charge in [0.15, 0.2) is 0 Å². The first kappa shape index (κ1) is 10.5. The third-order valence-corrected chi connectivity index (χ3v) is 3.48. The zero-order chi connectivity index (χ0) is 11.1. The van der Waals surface area contributed by atoms with E-state index in [4.69, 9.17) is 10.5 Å². The fraction of sp³-hybridized carbons (Fsp3) is 0.538. The van der Waals surface area contributed by atoms with Crippen molar-refractivity contribution < 1.29 is 4.74 Å². The van der Waals surface area contributed by atoms with Crippen molar-refractivity contribution >= 4 is 5.69 Å². The van der Waals surface area contributed by atoms with Crippen LogP contribution in [0.4, 0.5) is 5.69 Å². The molecule has 15 heavy (non-hydrogen) atoms. The minimum atomic E-state index is -0.147. The van der Waals surface area contributed by atoms with Crippen LogP contribution in [0.2, 0.25) is 0 Å². The highest BCUT2D eigenvalue weighted by Gasteiger charge is 2.40. The van der Waals surface area contributed by atoms with E-state index >= 15 is 0 Å². The molecule has 2 unspecified atom stereocenters. The highest BCUT2D eigenvalue weighted by molar-refractivity contribution is 5.55. The second kappa shape index (κ2) is 3.53. The Hall–Kier alpha value is -1.02. The van der Waals surface area contributed by atoms with Gasteiger partial charge in [-0.05, 0) is 31.4 Å². The van der Waals surface area contributed by atoms with Crippen molar-refractivity contribution in [1.82, 2.24) is 0 Å². The van der Waals surface area contributed by atoms with Crippen LogP contribution in [-0.4, -0.2) is 0 Å². The first-order valence-corrected chi connectivity index (χ1v) is 5.69. The van der Waals surface area contributed by atoms with Gasteiger partial charge in [-0.25, -0.2) is 0 Å². The largest absolute Gasteiger partial charge is 0.398 e. The number of hydrogen-bond acceptors (Lipinski definition) is 2. The van der Waals surface area contributed by atoms with Crippen molar-refractivity contribution in [1.29, 1.82) is 0 Å². The Balaban J connectivity index is 2.57. The molecular weight excluding hydrogens is 186 g/mol. The Bertz CT molecular complexity index is 375. The summed E-state index contributed by atoms with van der Waals surface area (Å²) in [5, 5.41) is 0. The van der Waals surface area contributed by atoms with Crippen LogP contribution in [0.25, 0.3) is 0 Å². The zero-order valence-electron chi connectivity index (χ0n) is 9.71. The summed E-state index contributed by atoms with van der Waals surface area (Å²) in [6.07, 6.45) is 2.14. The minimum Gasteiger partial charge on any atom is -0.398 e. The van der Waals surface area contributed by atoms with E-state index in [9.17, 15) is 0 Å². The van der Waals surface area contributed by atoms with Crippen molar-refractivity contribution in [3.63, 3.8) is 0 Å². The van der Waals surface area contributed by atoms with Crippen LogP contribution in [0, 0.1) is 0 Å². The van der Waals surface area contributed by atoms with Gasteiger partial charge < -0.3 is 10.5 Å². The predicted molar refractivity (Wildman–Crippen MR) is 62.6 cm³/mol. The van der Waals surface area contributed by atoms with Crippen molar-refractivity contribution in [2.24, 2.45) is 0 Å². The summed E-state index contributed by atoms with van der Waals surface area (Å²) in [5.41, 5.74) is 9.25. The lowest BCUT2D eigenvalue weighted by molar-refractivity contribution is -0.0679. The van der Waals surface area contributed by atoms with E-state index in [1.165, 1.54) is 11.1 Å².